The molecule has 1 atom stereocenters. The van der Waals surface area contributed by atoms with Crippen LogP contribution in [0.4, 0.5) is 10.1 Å². The molecule has 0 saturated carbocycles. The summed E-state index contributed by atoms with van der Waals surface area (Å²) in [5.74, 6) is -1.02. The summed E-state index contributed by atoms with van der Waals surface area (Å²) < 4.78 is 12.7. The fourth-order valence-electron chi connectivity index (χ4n) is 1.52. The smallest absolute Gasteiger partial charge is 0.261 e. The van der Waals surface area contributed by atoms with Crippen molar-refractivity contribution in [1.82, 2.24) is 5.32 Å². The lowest BCUT2D eigenvalue weighted by molar-refractivity contribution is -0.117. The number of amides is 2. The first-order valence-electron chi connectivity index (χ1n) is 5.97. The van der Waals surface area contributed by atoms with Crippen molar-refractivity contribution in [2.24, 2.45) is 0 Å². The molecular formula is C14H13FN2O2S. The quantitative estimate of drug-likeness (QED) is 0.910. The number of hydrogen-bond acceptors (Lipinski definition) is 3. The second-order valence-electron chi connectivity index (χ2n) is 4.17. The number of hydrogen-bond donors (Lipinski definition) is 2. The van der Waals surface area contributed by atoms with Gasteiger partial charge in [-0.15, -0.1) is 11.3 Å². The van der Waals surface area contributed by atoms with Gasteiger partial charge < -0.3 is 10.6 Å². The van der Waals surface area contributed by atoms with E-state index in [1.54, 1.807) is 24.4 Å². The zero-order chi connectivity index (χ0) is 14.5. The van der Waals surface area contributed by atoms with Gasteiger partial charge in [-0.05, 0) is 42.6 Å². The van der Waals surface area contributed by atoms with Crippen molar-refractivity contribution < 1.29 is 14.0 Å². The summed E-state index contributed by atoms with van der Waals surface area (Å²) in [6.45, 7) is 1.59. The molecule has 2 amide bonds. The molecule has 6 heteroatoms. The van der Waals surface area contributed by atoms with E-state index in [9.17, 15) is 14.0 Å². The van der Waals surface area contributed by atoms with E-state index in [0.29, 0.717) is 10.6 Å². The van der Waals surface area contributed by atoms with Gasteiger partial charge >= 0.3 is 0 Å². The first-order chi connectivity index (χ1) is 9.56. The first-order valence-corrected chi connectivity index (χ1v) is 6.85. The number of halogens is 1. The molecule has 4 nitrogen and oxygen atoms in total. The maximum absolute atomic E-state index is 12.7. The highest BCUT2D eigenvalue weighted by Gasteiger charge is 2.17. The Morgan fingerprint density at radius 1 is 1.20 bits per heavy atom. The van der Waals surface area contributed by atoms with Crippen LogP contribution in [0.25, 0.3) is 0 Å². The van der Waals surface area contributed by atoms with Gasteiger partial charge in [0.05, 0.1) is 4.88 Å². The molecule has 2 rings (SSSR count). The monoisotopic (exact) mass is 292 g/mol. The summed E-state index contributed by atoms with van der Waals surface area (Å²) in [6, 6.07) is 8.19. The van der Waals surface area contributed by atoms with Crippen LogP contribution in [-0.4, -0.2) is 17.9 Å². The molecule has 0 aliphatic carbocycles. The zero-order valence-corrected chi connectivity index (χ0v) is 11.5. The first kappa shape index (κ1) is 14.2. The highest BCUT2D eigenvalue weighted by atomic mass is 32.1. The van der Waals surface area contributed by atoms with Crippen molar-refractivity contribution in [2.75, 3.05) is 5.32 Å². The van der Waals surface area contributed by atoms with Crippen LogP contribution < -0.4 is 10.6 Å². The minimum atomic E-state index is -0.686. The number of thiophene rings is 1. The van der Waals surface area contributed by atoms with Crippen LogP contribution in [0.15, 0.2) is 41.8 Å². The third kappa shape index (κ3) is 3.64. The summed E-state index contributed by atoms with van der Waals surface area (Å²) >= 11 is 1.30. The lowest BCUT2D eigenvalue weighted by atomic mass is 10.2. The SMILES string of the molecule is C[C@@H](NC(=O)c1cccs1)C(=O)Nc1ccc(F)cc1. The molecule has 0 radical (unpaired) electrons. The molecule has 104 valence electrons. The number of rotatable bonds is 4. The normalized spacial score (nSPS) is 11.7. The van der Waals surface area contributed by atoms with E-state index >= 15 is 0 Å². The van der Waals surface area contributed by atoms with Crippen LogP contribution in [-0.2, 0) is 4.79 Å². The van der Waals surface area contributed by atoms with Gasteiger partial charge in [-0.3, -0.25) is 9.59 Å². The van der Waals surface area contributed by atoms with E-state index in [2.05, 4.69) is 10.6 Å². The Morgan fingerprint density at radius 2 is 1.90 bits per heavy atom. The summed E-state index contributed by atoms with van der Waals surface area (Å²) in [7, 11) is 0. The molecule has 0 fully saturated rings. The van der Waals surface area contributed by atoms with Gasteiger partial charge in [0.15, 0.2) is 0 Å². The number of anilines is 1. The Balaban J connectivity index is 1.92. The van der Waals surface area contributed by atoms with Crippen LogP contribution in [0, 0.1) is 5.82 Å². The van der Waals surface area contributed by atoms with E-state index in [1.165, 1.54) is 35.6 Å². The Morgan fingerprint density at radius 3 is 2.50 bits per heavy atom. The van der Waals surface area contributed by atoms with Crippen molar-refractivity contribution in [1.29, 1.82) is 0 Å². The van der Waals surface area contributed by atoms with Crippen LogP contribution in [0.2, 0.25) is 0 Å². The lowest BCUT2D eigenvalue weighted by Crippen LogP contribution is -2.41. The van der Waals surface area contributed by atoms with Gasteiger partial charge in [-0.2, -0.15) is 0 Å². The number of nitrogens with one attached hydrogen (secondary N) is 2. The minimum absolute atomic E-state index is 0.290. The summed E-state index contributed by atoms with van der Waals surface area (Å²) in [4.78, 5) is 24.2. The molecule has 0 aliphatic rings. The van der Waals surface area contributed by atoms with Crippen LogP contribution in [0.3, 0.4) is 0 Å². The van der Waals surface area contributed by atoms with Gasteiger partial charge in [0.25, 0.3) is 5.91 Å². The molecule has 0 saturated heterocycles. The molecule has 2 N–H and O–H groups in total. The third-order valence-corrected chi connectivity index (χ3v) is 3.47. The van der Waals surface area contributed by atoms with Crippen LogP contribution in [0.5, 0.6) is 0 Å². The molecule has 0 aliphatic heterocycles. The van der Waals surface area contributed by atoms with E-state index in [4.69, 9.17) is 0 Å². The van der Waals surface area contributed by atoms with Crippen molar-refractivity contribution in [3.8, 4) is 0 Å². The van der Waals surface area contributed by atoms with Crippen molar-refractivity contribution in [3.05, 3.63) is 52.5 Å². The van der Waals surface area contributed by atoms with Crippen molar-refractivity contribution in [2.45, 2.75) is 13.0 Å². The highest BCUT2D eigenvalue weighted by molar-refractivity contribution is 7.12. The number of carbonyl (C=O) groups excluding carboxylic acids is 2. The molecular weight excluding hydrogens is 279 g/mol. The predicted molar refractivity (Wildman–Crippen MR) is 76.3 cm³/mol. The lowest BCUT2D eigenvalue weighted by Gasteiger charge is -2.13. The second kappa shape index (κ2) is 6.29. The Kier molecular flexibility index (Phi) is 4.47. The maximum atomic E-state index is 12.7. The molecule has 1 aromatic carbocycles. The van der Waals surface area contributed by atoms with E-state index in [-0.39, 0.29) is 17.6 Å². The number of benzene rings is 1. The molecule has 0 unspecified atom stereocenters. The molecule has 20 heavy (non-hydrogen) atoms. The Labute approximate surface area is 119 Å². The maximum Gasteiger partial charge on any atom is 0.261 e. The van der Waals surface area contributed by atoms with Crippen molar-refractivity contribution >= 4 is 28.8 Å². The number of carbonyl (C=O) groups is 2. The standard InChI is InChI=1S/C14H13FN2O2S/c1-9(16-14(19)12-3-2-8-20-12)13(18)17-11-6-4-10(15)5-7-11/h2-9H,1H3,(H,16,19)(H,17,18)/t9-/m1/s1. The van der Waals surface area contributed by atoms with E-state index in [1.807, 2.05) is 0 Å². The van der Waals surface area contributed by atoms with E-state index in [0.717, 1.165) is 0 Å². The largest absolute Gasteiger partial charge is 0.340 e. The Hall–Kier alpha value is -2.21. The average Bonchev–Trinajstić information content (AvgIpc) is 2.95. The van der Waals surface area contributed by atoms with Gasteiger partial charge in [0.2, 0.25) is 5.91 Å². The predicted octanol–water partition coefficient (Wildman–Crippen LogP) is 2.64. The van der Waals surface area contributed by atoms with Gasteiger partial charge in [0.1, 0.15) is 11.9 Å². The molecule has 1 aromatic heterocycles. The zero-order valence-electron chi connectivity index (χ0n) is 10.7. The second-order valence-corrected chi connectivity index (χ2v) is 5.12. The topological polar surface area (TPSA) is 58.2 Å². The molecule has 0 bridgehead atoms. The van der Waals surface area contributed by atoms with Gasteiger partial charge in [0, 0.05) is 5.69 Å². The third-order valence-electron chi connectivity index (χ3n) is 2.60. The molecule has 0 spiro atoms. The fourth-order valence-corrected chi connectivity index (χ4v) is 2.15. The van der Waals surface area contributed by atoms with Gasteiger partial charge in [-0.1, -0.05) is 6.07 Å². The van der Waals surface area contributed by atoms with Crippen LogP contribution in [0.1, 0.15) is 16.6 Å². The highest BCUT2D eigenvalue weighted by Crippen LogP contribution is 2.10. The van der Waals surface area contributed by atoms with Gasteiger partial charge in [-0.25, -0.2) is 4.39 Å². The summed E-state index contributed by atoms with van der Waals surface area (Å²) in [6.07, 6.45) is 0. The average molecular weight is 292 g/mol. The summed E-state index contributed by atoms with van der Waals surface area (Å²) in [5.41, 5.74) is 0.480. The van der Waals surface area contributed by atoms with Crippen molar-refractivity contribution in [3.63, 3.8) is 0 Å². The Bertz CT molecular complexity index is 596. The summed E-state index contributed by atoms with van der Waals surface area (Å²) in [5, 5.41) is 6.99. The van der Waals surface area contributed by atoms with Crippen LogP contribution >= 0.6 is 11.3 Å². The molecule has 2 aromatic rings. The fraction of sp³-hybridized carbons (Fsp3) is 0.143. The van der Waals surface area contributed by atoms with E-state index < -0.39 is 6.04 Å². The minimum Gasteiger partial charge on any atom is -0.340 e. The molecule has 1 heterocycles.